The van der Waals surface area contributed by atoms with E-state index in [2.05, 4.69) is 5.32 Å². The van der Waals surface area contributed by atoms with Crippen molar-refractivity contribution in [1.82, 2.24) is 4.90 Å². The molecular formula is C23H28N2O4. The Labute approximate surface area is 171 Å². The van der Waals surface area contributed by atoms with Gasteiger partial charge in [0.05, 0.1) is 13.2 Å². The van der Waals surface area contributed by atoms with Crippen molar-refractivity contribution in [2.24, 2.45) is 0 Å². The quantitative estimate of drug-likeness (QED) is 0.648. The van der Waals surface area contributed by atoms with E-state index in [1.807, 2.05) is 36.1 Å². The molecule has 154 valence electrons. The van der Waals surface area contributed by atoms with Crippen molar-refractivity contribution in [3.8, 4) is 11.5 Å². The minimum absolute atomic E-state index is 0.0601. The Morgan fingerprint density at radius 1 is 0.966 bits per heavy atom. The van der Waals surface area contributed by atoms with Crippen molar-refractivity contribution < 1.29 is 19.1 Å². The molecule has 0 radical (unpaired) electrons. The van der Waals surface area contributed by atoms with E-state index in [4.69, 9.17) is 9.47 Å². The molecule has 3 rings (SSSR count). The summed E-state index contributed by atoms with van der Waals surface area (Å²) in [5.41, 5.74) is 1.35. The first-order chi connectivity index (χ1) is 14.2. The van der Waals surface area contributed by atoms with Crippen LogP contribution in [0, 0.1) is 0 Å². The third-order valence-corrected chi connectivity index (χ3v) is 4.76. The maximum atomic E-state index is 12.4. The molecule has 0 unspecified atom stereocenters. The Bertz CT molecular complexity index is 814. The summed E-state index contributed by atoms with van der Waals surface area (Å²) in [6.45, 7) is 4.59. The van der Waals surface area contributed by atoms with Gasteiger partial charge in [-0.05, 0) is 62.6 Å². The van der Waals surface area contributed by atoms with Crippen LogP contribution in [0.25, 0.3) is 0 Å². The summed E-state index contributed by atoms with van der Waals surface area (Å²) in [4.78, 5) is 26.4. The molecule has 1 fully saturated rings. The van der Waals surface area contributed by atoms with E-state index >= 15 is 0 Å². The second-order valence-corrected chi connectivity index (χ2v) is 6.96. The van der Waals surface area contributed by atoms with Gasteiger partial charge in [0.15, 0.2) is 11.5 Å². The predicted octanol–water partition coefficient (Wildman–Crippen LogP) is 4.12. The summed E-state index contributed by atoms with van der Waals surface area (Å²) in [7, 11) is 0. The van der Waals surface area contributed by atoms with Gasteiger partial charge in [-0.15, -0.1) is 0 Å². The molecule has 2 aromatic carbocycles. The van der Waals surface area contributed by atoms with Gasteiger partial charge in [-0.2, -0.15) is 0 Å². The molecule has 1 saturated heterocycles. The number of likely N-dealkylation sites (tertiary alicyclic amines) is 1. The van der Waals surface area contributed by atoms with E-state index in [0.717, 1.165) is 25.9 Å². The zero-order valence-corrected chi connectivity index (χ0v) is 16.9. The number of hydrogen-bond acceptors (Lipinski definition) is 4. The van der Waals surface area contributed by atoms with Crippen molar-refractivity contribution in [3.05, 3.63) is 54.1 Å². The van der Waals surface area contributed by atoms with E-state index in [0.29, 0.717) is 48.8 Å². The molecule has 0 spiro atoms. The lowest BCUT2D eigenvalue weighted by atomic mass is 10.2. The van der Waals surface area contributed by atoms with Gasteiger partial charge >= 0.3 is 0 Å². The fourth-order valence-electron chi connectivity index (χ4n) is 3.28. The molecule has 6 heteroatoms. The number of benzene rings is 2. The molecule has 29 heavy (non-hydrogen) atoms. The molecule has 0 bridgehead atoms. The molecule has 0 atom stereocenters. The maximum absolute atomic E-state index is 12.4. The molecule has 2 amide bonds. The molecule has 2 aromatic rings. The van der Waals surface area contributed by atoms with Gasteiger partial charge in [-0.3, -0.25) is 9.59 Å². The molecule has 1 aliphatic rings. The van der Waals surface area contributed by atoms with Crippen LogP contribution >= 0.6 is 0 Å². The molecule has 0 aromatic heterocycles. The largest absolute Gasteiger partial charge is 0.490 e. The Kier molecular flexibility index (Phi) is 7.50. The highest BCUT2D eigenvalue weighted by Crippen LogP contribution is 2.26. The van der Waals surface area contributed by atoms with Crippen molar-refractivity contribution in [1.29, 1.82) is 0 Å². The van der Waals surface area contributed by atoms with Crippen LogP contribution in [0.4, 0.5) is 5.69 Å². The number of amides is 2. The van der Waals surface area contributed by atoms with Crippen LogP contribution in [0.1, 0.15) is 43.0 Å². The van der Waals surface area contributed by atoms with Crippen molar-refractivity contribution in [2.75, 3.05) is 31.6 Å². The van der Waals surface area contributed by atoms with Gasteiger partial charge in [0.1, 0.15) is 0 Å². The van der Waals surface area contributed by atoms with Crippen molar-refractivity contribution in [2.45, 2.75) is 32.6 Å². The number of carbonyl (C=O) groups is 2. The summed E-state index contributed by atoms with van der Waals surface area (Å²) in [6, 6.07) is 14.6. The van der Waals surface area contributed by atoms with Gasteiger partial charge in [0, 0.05) is 30.8 Å². The summed E-state index contributed by atoms with van der Waals surface area (Å²) in [5, 5.41) is 2.86. The Balaban J connectivity index is 1.41. The smallest absolute Gasteiger partial charge is 0.253 e. The van der Waals surface area contributed by atoms with Crippen LogP contribution in [-0.4, -0.2) is 43.0 Å². The minimum Gasteiger partial charge on any atom is -0.490 e. The molecular weight excluding hydrogens is 368 g/mol. The van der Waals surface area contributed by atoms with E-state index in [9.17, 15) is 9.59 Å². The fraction of sp³-hybridized carbons (Fsp3) is 0.391. The van der Waals surface area contributed by atoms with E-state index in [-0.39, 0.29) is 11.8 Å². The number of ether oxygens (including phenoxy) is 2. The molecule has 1 heterocycles. The number of nitrogens with zero attached hydrogens (tertiary/aromatic N) is 1. The van der Waals surface area contributed by atoms with Crippen LogP contribution < -0.4 is 14.8 Å². The van der Waals surface area contributed by atoms with E-state index < -0.39 is 0 Å². The van der Waals surface area contributed by atoms with Crippen LogP contribution in [-0.2, 0) is 4.79 Å². The highest BCUT2D eigenvalue weighted by Gasteiger charge is 2.19. The standard InChI is InChI=1S/C23H28N2O4/c1-2-28-20-8-3-4-9-21(20)29-17-7-10-22(26)24-19-13-11-18(12-14-19)23(27)25-15-5-6-16-25/h3-4,8-9,11-14H,2,5-7,10,15-17H2,1H3,(H,24,26). The summed E-state index contributed by atoms with van der Waals surface area (Å²) in [6.07, 6.45) is 3.09. The lowest BCUT2D eigenvalue weighted by Gasteiger charge is -2.15. The molecule has 1 aliphatic heterocycles. The van der Waals surface area contributed by atoms with Gasteiger partial charge in [0.25, 0.3) is 5.91 Å². The number of para-hydroxylation sites is 2. The predicted molar refractivity (Wildman–Crippen MR) is 113 cm³/mol. The van der Waals surface area contributed by atoms with Gasteiger partial charge in [-0.1, -0.05) is 12.1 Å². The first-order valence-corrected chi connectivity index (χ1v) is 10.2. The number of hydrogen-bond donors (Lipinski definition) is 1. The maximum Gasteiger partial charge on any atom is 0.253 e. The SMILES string of the molecule is CCOc1ccccc1OCCCC(=O)Nc1ccc(C(=O)N2CCCC2)cc1. The van der Waals surface area contributed by atoms with Gasteiger partial charge < -0.3 is 19.7 Å². The summed E-state index contributed by atoms with van der Waals surface area (Å²) >= 11 is 0. The van der Waals surface area contributed by atoms with Crippen molar-refractivity contribution >= 4 is 17.5 Å². The lowest BCUT2D eigenvalue weighted by molar-refractivity contribution is -0.116. The van der Waals surface area contributed by atoms with Crippen LogP contribution in [0.2, 0.25) is 0 Å². The number of carbonyl (C=O) groups excluding carboxylic acids is 2. The Hall–Kier alpha value is -3.02. The Morgan fingerprint density at radius 3 is 2.28 bits per heavy atom. The topological polar surface area (TPSA) is 67.9 Å². The average Bonchev–Trinajstić information content (AvgIpc) is 3.27. The molecule has 0 saturated carbocycles. The number of rotatable bonds is 9. The minimum atomic E-state index is -0.0784. The zero-order valence-electron chi connectivity index (χ0n) is 16.9. The highest BCUT2D eigenvalue weighted by molar-refractivity contribution is 5.96. The fourth-order valence-corrected chi connectivity index (χ4v) is 3.28. The van der Waals surface area contributed by atoms with Crippen LogP contribution in [0.3, 0.4) is 0 Å². The van der Waals surface area contributed by atoms with Crippen molar-refractivity contribution in [3.63, 3.8) is 0 Å². The molecule has 1 N–H and O–H groups in total. The molecule has 6 nitrogen and oxygen atoms in total. The second kappa shape index (κ2) is 10.5. The third kappa shape index (κ3) is 5.98. The average molecular weight is 396 g/mol. The zero-order chi connectivity index (χ0) is 20.5. The normalized spacial score (nSPS) is 13.2. The first-order valence-electron chi connectivity index (χ1n) is 10.2. The molecule has 0 aliphatic carbocycles. The third-order valence-electron chi connectivity index (χ3n) is 4.76. The summed E-state index contributed by atoms with van der Waals surface area (Å²) < 4.78 is 11.3. The monoisotopic (exact) mass is 396 g/mol. The van der Waals surface area contributed by atoms with E-state index in [1.165, 1.54) is 0 Å². The summed E-state index contributed by atoms with van der Waals surface area (Å²) in [5.74, 6) is 1.38. The lowest BCUT2D eigenvalue weighted by Crippen LogP contribution is -2.27. The second-order valence-electron chi connectivity index (χ2n) is 6.96. The number of anilines is 1. The van der Waals surface area contributed by atoms with Gasteiger partial charge in [-0.25, -0.2) is 0 Å². The van der Waals surface area contributed by atoms with Crippen LogP contribution in [0.5, 0.6) is 11.5 Å². The first kappa shape index (κ1) is 20.7. The Morgan fingerprint density at radius 2 is 1.62 bits per heavy atom. The number of nitrogens with one attached hydrogen (secondary N) is 1. The van der Waals surface area contributed by atoms with Gasteiger partial charge in [0.2, 0.25) is 5.91 Å². The van der Waals surface area contributed by atoms with Crippen LogP contribution in [0.15, 0.2) is 48.5 Å². The van der Waals surface area contributed by atoms with E-state index in [1.54, 1.807) is 24.3 Å². The highest BCUT2D eigenvalue weighted by atomic mass is 16.5.